The average Bonchev–Trinajstić information content (AvgIpc) is 3.06. The van der Waals surface area contributed by atoms with E-state index in [-0.39, 0.29) is 28.2 Å². The Bertz CT molecular complexity index is 914. The van der Waals surface area contributed by atoms with Crippen LogP contribution in [0.1, 0.15) is 26.3 Å². The first-order valence-corrected chi connectivity index (χ1v) is 7.41. The molecule has 1 aromatic carbocycles. The highest BCUT2D eigenvalue weighted by atomic mass is 32.2. The average molecular weight is 329 g/mol. The summed E-state index contributed by atoms with van der Waals surface area (Å²) in [4.78, 5) is 35.8. The van der Waals surface area contributed by atoms with E-state index >= 15 is 0 Å². The molecule has 1 aromatic heterocycles. The lowest BCUT2D eigenvalue weighted by atomic mass is 10.1. The molecule has 2 heterocycles. The van der Waals surface area contributed by atoms with Crippen LogP contribution in [0.3, 0.4) is 0 Å². The molecule has 0 unspecified atom stereocenters. The Morgan fingerprint density at radius 2 is 2.04 bits per heavy atom. The van der Waals surface area contributed by atoms with Crippen LogP contribution in [0.25, 0.3) is 0 Å². The van der Waals surface area contributed by atoms with E-state index in [9.17, 15) is 25.0 Å². The molecule has 0 fully saturated rings. The van der Waals surface area contributed by atoms with Gasteiger partial charge in [0.15, 0.2) is 5.82 Å². The summed E-state index contributed by atoms with van der Waals surface area (Å²) in [7, 11) is 0. The number of carbonyl (C=O) groups is 2. The van der Waals surface area contributed by atoms with Gasteiger partial charge >= 0.3 is 0 Å². The summed E-state index contributed by atoms with van der Waals surface area (Å²) in [6, 6.07) is 5.33. The minimum Gasteiger partial charge on any atom is -0.268 e. The second-order valence-corrected chi connectivity index (χ2v) is 5.30. The first kappa shape index (κ1) is 14.7. The lowest BCUT2D eigenvalue weighted by Crippen LogP contribution is -2.30. The molecular formula is C13H7N5O4S. The molecule has 0 radical (unpaired) electrons. The fourth-order valence-electron chi connectivity index (χ4n) is 2.27. The standard InChI is InChI=1S/C13H7N5O4S/c1-23-11-9(5-14)10(15-16-11)17-12(19)7-3-2-6(18(21)22)4-8(7)13(17)20/h2-4H,1H3,(H,15,16). The molecule has 1 aliphatic heterocycles. The molecule has 3 rings (SSSR count). The number of nitro groups is 1. The molecule has 0 saturated carbocycles. The predicted octanol–water partition coefficient (Wildman–Crippen LogP) is 1.71. The second-order valence-electron chi connectivity index (χ2n) is 4.50. The third-order valence-electron chi connectivity index (χ3n) is 3.32. The summed E-state index contributed by atoms with van der Waals surface area (Å²) < 4.78 is 0. The summed E-state index contributed by atoms with van der Waals surface area (Å²) in [5.74, 6) is -1.43. The van der Waals surface area contributed by atoms with Crippen LogP contribution in [0, 0.1) is 21.4 Å². The van der Waals surface area contributed by atoms with Crippen molar-refractivity contribution in [3.8, 4) is 6.07 Å². The van der Waals surface area contributed by atoms with Gasteiger partial charge in [-0.1, -0.05) is 0 Å². The number of nitro benzene ring substituents is 1. The highest BCUT2D eigenvalue weighted by Crippen LogP contribution is 2.33. The molecule has 2 aromatic rings. The maximum absolute atomic E-state index is 12.5. The van der Waals surface area contributed by atoms with Crippen molar-refractivity contribution in [2.75, 3.05) is 11.2 Å². The molecule has 1 N–H and O–H groups in total. The van der Waals surface area contributed by atoms with Gasteiger partial charge in [-0.2, -0.15) is 10.4 Å². The highest BCUT2D eigenvalue weighted by molar-refractivity contribution is 7.98. The van der Waals surface area contributed by atoms with E-state index in [0.717, 1.165) is 17.0 Å². The summed E-state index contributed by atoms with van der Waals surface area (Å²) in [5, 5.41) is 26.8. The Morgan fingerprint density at radius 1 is 1.35 bits per heavy atom. The number of carbonyl (C=O) groups excluding carboxylic acids is 2. The van der Waals surface area contributed by atoms with Crippen LogP contribution in [-0.4, -0.2) is 33.2 Å². The molecule has 2 amide bonds. The number of hydrogen-bond donors (Lipinski definition) is 1. The molecule has 10 heteroatoms. The molecule has 23 heavy (non-hydrogen) atoms. The second kappa shape index (κ2) is 5.22. The van der Waals surface area contributed by atoms with Gasteiger partial charge in [-0.05, 0) is 12.3 Å². The topological polar surface area (TPSA) is 133 Å². The van der Waals surface area contributed by atoms with Crippen LogP contribution in [0.2, 0.25) is 0 Å². The van der Waals surface area contributed by atoms with Crippen LogP contribution in [0.4, 0.5) is 11.5 Å². The minimum atomic E-state index is -0.735. The van der Waals surface area contributed by atoms with Crippen LogP contribution in [0.5, 0.6) is 0 Å². The molecule has 0 bridgehead atoms. The number of fused-ring (bicyclic) bond motifs is 1. The van der Waals surface area contributed by atoms with E-state index in [1.54, 1.807) is 6.26 Å². The number of amides is 2. The summed E-state index contributed by atoms with van der Waals surface area (Å²) >= 11 is 1.19. The normalized spacial score (nSPS) is 13.1. The maximum Gasteiger partial charge on any atom is 0.270 e. The first-order chi connectivity index (χ1) is 11.0. The predicted molar refractivity (Wildman–Crippen MR) is 79.3 cm³/mol. The van der Waals surface area contributed by atoms with Gasteiger partial charge in [-0.3, -0.25) is 24.8 Å². The smallest absolute Gasteiger partial charge is 0.268 e. The largest absolute Gasteiger partial charge is 0.270 e. The van der Waals surface area contributed by atoms with E-state index < -0.39 is 16.7 Å². The molecule has 1 aliphatic rings. The van der Waals surface area contributed by atoms with Crippen molar-refractivity contribution in [2.24, 2.45) is 0 Å². The molecule has 114 valence electrons. The van der Waals surface area contributed by atoms with Gasteiger partial charge in [0.25, 0.3) is 17.5 Å². The number of nitriles is 1. The van der Waals surface area contributed by atoms with Crippen molar-refractivity contribution >= 4 is 35.1 Å². The number of aromatic amines is 1. The Morgan fingerprint density at radius 3 is 2.65 bits per heavy atom. The lowest BCUT2D eigenvalue weighted by molar-refractivity contribution is -0.384. The van der Waals surface area contributed by atoms with Gasteiger partial charge < -0.3 is 0 Å². The van der Waals surface area contributed by atoms with Crippen molar-refractivity contribution in [1.29, 1.82) is 5.26 Å². The monoisotopic (exact) mass is 329 g/mol. The number of nitrogens with one attached hydrogen (secondary N) is 1. The minimum absolute atomic E-state index is 0.0364. The number of non-ortho nitro benzene ring substituents is 1. The van der Waals surface area contributed by atoms with Crippen molar-refractivity contribution in [2.45, 2.75) is 5.03 Å². The van der Waals surface area contributed by atoms with Crippen LogP contribution < -0.4 is 4.90 Å². The fraction of sp³-hybridized carbons (Fsp3) is 0.0769. The number of aromatic nitrogens is 2. The van der Waals surface area contributed by atoms with E-state index in [1.807, 2.05) is 6.07 Å². The molecule has 0 spiro atoms. The number of thioether (sulfide) groups is 1. The molecular weight excluding hydrogens is 322 g/mol. The number of anilines is 1. The SMILES string of the molecule is CSc1n[nH]c(N2C(=O)c3ccc([N+](=O)[O-])cc3C2=O)c1C#N. The Kier molecular flexibility index (Phi) is 3.34. The zero-order valence-corrected chi connectivity index (χ0v) is 12.4. The van der Waals surface area contributed by atoms with E-state index in [2.05, 4.69) is 10.2 Å². The maximum atomic E-state index is 12.5. The Balaban J connectivity index is 2.13. The summed E-state index contributed by atoms with van der Waals surface area (Å²) in [6.45, 7) is 0. The van der Waals surface area contributed by atoms with Crippen molar-refractivity contribution in [3.63, 3.8) is 0 Å². The quantitative estimate of drug-likeness (QED) is 0.392. The highest BCUT2D eigenvalue weighted by Gasteiger charge is 2.40. The van der Waals surface area contributed by atoms with Crippen LogP contribution in [0.15, 0.2) is 23.2 Å². The first-order valence-electron chi connectivity index (χ1n) is 6.19. The third-order valence-corrected chi connectivity index (χ3v) is 4.01. The molecule has 0 aliphatic carbocycles. The van der Waals surface area contributed by atoms with Gasteiger partial charge in [0, 0.05) is 12.1 Å². The number of nitrogens with zero attached hydrogens (tertiary/aromatic N) is 4. The molecule has 9 nitrogen and oxygen atoms in total. The number of benzene rings is 1. The van der Waals surface area contributed by atoms with Crippen LogP contribution >= 0.6 is 11.8 Å². The number of imide groups is 1. The fourth-order valence-corrected chi connectivity index (χ4v) is 2.76. The van der Waals surface area contributed by atoms with E-state index in [0.29, 0.717) is 5.03 Å². The zero-order valence-electron chi connectivity index (χ0n) is 11.6. The van der Waals surface area contributed by atoms with Gasteiger partial charge in [-0.25, -0.2) is 4.90 Å². The van der Waals surface area contributed by atoms with Gasteiger partial charge in [0.1, 0.15) is 16.7 Å². The van der Waals surface area contributed by atoms with Crippen molar-refractivity contribution in [1.82, 2.24) is 10.2 Å². The van der Waals surface area contributed by atoms with Gasteiger partial charge in [0.05, 0.1) is 16.1 Å². The molecule has 0 saturated heterocycles. The number of H-pyrrole nitrogens is 1. The van der Waals surface area contributed by atoms with Gasteiger partial charge in [0.2, 0.25) is 0 Å². The Labute approximate surface area is 133 Å². The number of rotatable bonds is 3. The van der Waals surface area contributed by atoms with Gasteiger partial charge in [-0.15, -0.1) is 11.8 Å². The Hall–Kier alpha value is -3.19. The third kappa shape index (κ3) is 2.06. The summed E-state index contributed by atoms with van der Waals surface area (Å²) in [6.07, 6.45) is 1.70. The summed E-state index contributed by atoms with van der Waals surface area (Å²) in [5.41, 5.74) is -0.249. The molecule has 0 atom stereocenters. The van der Waals surface area contributed by atoms with E-state index in [4.69, 9.17) is 0 Å². The zero-order chi connectivity index (χ0) is 16.7. The lowest BCUT2D eigenvalue weighted by Gasteiger charge is -2.11. The number of hydrogen-bond acceptors (Lipinski definition) is 7. The van der Waals surface area contributed by atoms with Crippen molar-refractivity contribution < 1.29 is 14.5 Å². The van der Waals surface area contributed by atoms with Crippen molar-refractivity contribution in [3.05, 3.63) is 45.0 Å². The van der Waals surface area contributed by atoms with Crippen LogP contribution in [-0.2, 0) is 0 Å². The van der Waals surface area contributed by atoms with E-state index in [1.165, 1.54) is 17.8 Å².